The number of hydrogen-bond donors (Lipinski definition) is 2. The van der Waals surface area contributed by atoms with Crippen molar-refractivity contribution < 1.29 is 14.0 Å². The molecule has 3 rings (SSSR count). The number of carbonyl (C=O) groups excluding carboxylic acids is 2. The van der Waals surface area contributed by atoms with E-state index >= 15 is 0 Å². The number of nitrogens with zero attached hydrogens (tertiary/aromatic N) is 1. The van der Waals surface area contributed by atoms with Gasteiger partial charge >= 0.3 is 0 Å². The molecule has 2 heterocycles. The maximum absolute atomic E-state index is 13.5. The monoisotopic (exact) mass is 347 g/mol. The normalized spacial score (nSPS) is 10.3. The lowest BCUT2D eigenvalue weighted by Gasteiger charge is -2.06. The second kappa shape index (κ2) is 6.67. The van der Waals surface area contributed by atoms with E-state index in [2.05, 4.69) is 15.8 Å². The van der Waals surface area contributed by atoms with Gasteiger partial charge in [0.15, 0.2) is 0 Å². The summed E-state index contributed by atoms with van der Waals surface area (Å²) in [5.74, 6) is -1.95. The van der Waals surface area contributed by atoms with Gasteiger partial charge in [0.1, 0.15) is 16.5 Å². The minimum absolute atomic E-state index is 0.148. The van der Waals surface area contributed by atoms with Crippen LogP contribution in [0.25, 0.3) is 9.88 Å². The smallest absolute Gasteiger partial charge is 0.267 e. The number of amides is 2. The number of thiazole rings is 1. The van der Waals surface area contributed by atoms with Crippen LogP contribution in [0, 0.1) is 5.82 Å². The summed E-state index contributed by atoms with van der Waals surface area (Å²) in [6.07, 6.45) is 0. The fourth-order valence-corrected chi connectivity index (χ4v) is 3.40. The van der Waals surface area contributed by atoms with E-state index in [1.54, 1.807) is 5.38 Å². The zero-order valence-corrected chi connectivity index (χ0v) is 13.2. The Morgan fingerprint density at radius 3 is 2.52 bits per heavy atom. The zero-order chi connectivity index (χ0) is 16.2. The number of hydrogen-bond acceptors (Lipinski definition) is 5. The number of hydrazine groups is 1. The highest BCUT2D eigenvalue weighted by Crippen LogP contribution is 2.27. The molecule has 8 heteroatoms. The molecule has 0 atom stereocenters. The van der Waals surface area contributed by atoms with Crippen molar-refractivity contribution in [3.8, 4) is 9.88 Å². The van der Waals surface area contributed by atoms with E-state index in [1.165, 1.54) is 46.9 Å². The summed E-state index contributed by atoms with van der Waals surface area (Å²) >= 11 is 2.86. The highest BCUT2D eigenvalue weighted by Gasteiger charge is 2.15. The lowest BCUT2D eigenvalue weighted by atomic mass is 10.2. The standard InChI is InChI=1S/C15H10FN3O2S2/c16-10-5-2-1-4-9(10)13(20)18-19-14(21)11-8-23-15(17-11)12-6-3-7-22-12/h1-8H,(H,18,20)(H,19,21). The van der Waals surface area contributed by atoms with Gasteiger partial charge in [-0.05, 0) is 23.6 Å². The molecule has 23 heavy (non-hydrogen) atoms. The van der Waals surface area contributed by atoms with Crippen molar-refractivity contribution in [1.29, 1.82) is 0 Å². The van der Waals surface area contributed by atoms with Crippen LogP contribution in [-0.4, -0.2) is 16.8 Å². The first-order chi connectivity index (χ1) is 11.1. The van der Waals surface area contributed by atoms with Gasteiger partial charge in [-0.25, -0.2) is 9.37 Å². The summed E-state index contributed by atoms with van der Waals surface area (Å²) in [5.41, 5.74) is 4.44. The summed E-state index contributed by atoms with van der Waals surface area (Å²) in [4.78, 5) is 29.0. The number of thiophene rings is 1. The number of halogens is 1. The van der Waals surface area contributed by atoms with E-state index < -0.39 is 17.6 Å². The van der Waals surface area contributed by atoms with E-state index in [9.17, 15) is 14.0 Å². The molecule has 0 aliphatic rings. The van der Waals surface area contributed by atoms with E-state index in [1.807, 2.05) is 17.5 Å². The zero-order valence-electron chi connectivity index (χ0n) is 11.6. The van der Waals surface area contributed by atoms with Gasteiger partial charge in [0.25, 0.3) is 11.8 Å². The Morgan fingerprint density at radius 1 is 1.00 bits per heavy atom. The first kappa shape index (κ1) is 15.3. The molecule has 0 spiro atoms. The van der Waals surface area contributed by atoms with Crippen LogP contribution in [0.3, 0.4) is 0 Å². The molecule has 0 aliphatic heterocycles. The fourth-order valence-electron chi connectivity index (χ4n) is 1.78. The third-order valence-electron chi connectivity index (χ3n) is 2.88. The van der Waals surface area contributed by atoms with Gasteiger partial charge in [-0.3, -0.25) is 20.4 Å². The van der Waals surface area contributed by atoms with Crippen molar-refractivity contribution in [1.82, 2.24) is 15.8 Å². The molecule has 2 aromatic heterocycles. The number of rotatable bonds is 3. The third kappa shape index (κ3) is 3.43. The highest BCUT2D eigenvalue weighted by atomic mass is 32.1. The second-order valence-corrected chi connectivity index (χ2v) is 6.21. The molecule has 2 amide bonds. The first-order valence-electron chi connectivity index (χ1n) is 6.50. The summed E-state index contributed by atoms with van der Waals surface area (Å²) in [6, 6.07) is 9.32. The molecule has 5 nitrogen and oxygen atoms in total. The van der Waals surface area contributed by atoms with Crippen LogP contribution in [0.5, 0.6) is 0 Å². The predicted octanol–water partition coefficient (Wildman–Crippen LogP) is 3.09. The maximum Gasteiger partial charge on any atom is 0.289 e. The Hall–Kier alpha value is -2.58. The molecule has 1 aromatic carbocycles. The van der Waals surface area contributed by atoms with Crippen LogP contribution in [0.15, 0.2) is 47.2 Å². The maximum atomic E-state index is 13.5. The molecule has 0 bridgehead atoms. The van der Waals surface area contributed by atoms with Crippen LogP contribution < -0.4 is 10.9 Å². The summed E-state index contributed by atoms with van der Waals surface area (Å²) < 4.78 is 13.5. The molecule has 116 valence electrons. The Morgan fingerprint density at radius 2 is 1.78 bits per heavy atom. The number of benzene rings is 1. The van der Waals surface area contributed by atoms with E-state index in [-0.39, 0.29) is 11.3 Å². The highest BCUT2D eigenvalue weighted by molar-refractivity contribution is 7.20. The Labute approximate surface area is 138 Å². The summed E-state index contributed by atoms with van der Waals surface area (Å²) in [6.45, 7) is 0. The van der Waals surface area contributed by atoms with Crippen LogP contribution >= 0.6 is 22.7 Å². The van der Waals surface area contributed by atoms with E-state index in [4.69, 9.17) is 0 Å². The molecule has 0 aliphatic carbocycles. The van der Waals surface area contributed by atoms with Crippen molar-refractivity contribution in [3.63, 3.8) is 0 Å². The van der Waals surface area contributed by atoms with E-state index in [0.29, 0.717) is 0 Å². The van der Waals surface area contributed by atoms with Gasteiger partial charge in [-0.2, -0.15) is 0 Å². The van der Waals surface area contributed by atoms with E-state index in [0.717, 1.165) is 9.88 Å². The molecule has 0 radical (unpaired) electrons. The number of aromatic nitrogens is 1. The predicted molar refractivity (Wildman–Crippen MR) is 86.8 cm³/mol. The molecule has 2 N–H and O–H groups in total. The van der Waals surface area contributed by atoms with Gasteiger partial charge < -0.3 is 0 Å². The SMILES string of the molecule is O=C(NNC(=O)c1ccccc1F)c1csc(-c2cccs2)n1. The molecular weight excluding hydrogens is 337 g/mol. The average Bonchev–Trinajstić information content (AvgIpc) is 3.23. The number of carbonyl (C=O) groups is 2. The topological polar surface area (TPSA) is 71.1 Å². The second-order valence-electron chi connectivity index (χ2n) is 4.40. The largest absolute Gasteiger partial charge is 0.289 e. The van der Waals surface area contributed by atoms with Crippen molar-refractivity contribution in [2.75, 3.05) is 0 Å². The lowest BCUT2D eigenvalue weighted by Crippen LogP contribution is -2.42. The number of nitrogens with one attached hydrogen (secondary N) is 2. The minimum atomic E-state index is -0.731. The van der Waals surface area contributed by atoms with Crippen LogP contribution in [0.1, 0.15) is 20.8 Å². The summed E-state index contributed by atoms with van der Waals surface area (Å²) in [5, 5.41) is 4.25. The molecule has 0 fully saturated rings. The average molecular weight is 347 g/mol. The van der Waals surface area contributed by atoms with Crippen molar-refractivity contribution >= 4 is 34.5 Å². The van der Waals surface area contributed by atoms with Crippen LogP contribution in [-0.2, 0) is 0 Å². The van der Waals surface area contributed by atoms with Gasteiger partial charge in [0.05, 0.1) is 10.4 Å². The summed E-state index contributed by atoms with van der Waals surface area (Å²) in [7, 11) is 0. The van der Waals surface area contributed by atoms with Crippen LogP contribution in [0.4, 0.5) is 4.39 Å². The molecule has 0 saturated carbocycles. The van der Waals surface area contributed by atoms with Crippen molar-refractivity contribution in [2.45, 2.75) is 0 Å². The van der Waals surface area contributed by atoms with Gasteiger partial charge in [-0.1, -0.05) is 18.2 Å². The lowest BCUT2D eigenvalue weighted by molar-refractivity contribution is 0.0842. The quantitative estimate of drug-likeness (QED) is 0.715. The molecule has 0 unspecified atom stereocenters. The first-order valence-corrected chi connectivity index (χ1v) is 8.25. The van der Waals surface area contributed by atoms with Gasteiger partial charge in [-0.15, -0.1) is 22.7 Å². The van der Waals surface area contributed by atoms with Crippen molar-refractivity contribution in [2.24, 2.45) is 0 Å². The molecule has 0 saturated heterocycles. The van der Waals surface area contributed by atoms with Crippen LogP contribution in [0.2, 0.25) is 0 Å². The minimum Gasteiger partial charge on any atom is -0.267 e. The Kier molecular flexibility index (Phi) is 4.45. The molecular formula is C15H10FN3O2S2. The Balaban J connectivity index is 1.64. The van der Waals surface area contributed by atoms with Crippen molar-refractivity contribution in [3.05, 3.63) is 64.2 Å². The Bertz CT molecular complexity index is 846. The van der Waals surface area contributed by atoms with Gasteiger partial charge in [0.2, 0.25) is 0 Å². The van der Waals surface area contributed by atoms with Gasteiger partial charge in [0, 0.05) is 5.38 Å². The molecule has 3 aromatic rings. The third-order valence-corrected chi connectivity index (χ3v) is 4.76. The fraction of sp³-hybridized carbons (Fsp3) is 0.